The van der Waals surface area contributed by atoms with Crippen LogP contribution in [0.5, 0.6) is 5.88 Å². The minimum Gasteiger partial charge on any atom is -0.477 e. The number of nitrogens with one attached hydrogen (secondary N) is 1. The molecule has 0 saturated carbocycles. The molecule has 0 atom stereocenters. The Morgan fingerprint density at radius 2 is 2.00 bits per heavy atom. The zero-order valence-corrected chi connectivity index (χ0v) is 15.0. The number of aryl methyl sites for hydroxylation is 1. The van der Waals surface area contributed by atoms with Crippen LogP contribution in [0.25, 0.3) is 0 Å². The van der Waals surface area contributed by atoms with Gasteiger partial charge in [-0.05, 0) is 49.4 Å². The molecule has 0 unspecified atom stereocenters. The highest BCUT2D eigenvalue weighted by molar-refractivity contribution is 5.74. The molecule has 1 aromatic carbocycles. The number of piperidine rings is 1. The molecule has 5 nitrogen and oxygen atoms in total. The van der Waals surface area contributed by atoms with Gasteiger partial charge in [-0.2, -0.15) is 0 Å². The van der Waals surface area contributed by atoms with Crippen molar-refractivity contribution >= 4 is 6.03 Å². The molecule has 138 valence electrons. The summed E-state index contributed by atoms with van der Waals surface area (Å²) in [6.45, 7) is 4.44. The standard InChI is InChI=1S/C20H24FN3O2/c1-15-3-2-10-22-19(15)26-14-17-8-11-24(12-9-17)20(25)23-13-16-4-6-18(21)7-5-16/h2-7,10,17H,8-9,11-14H2,1H3,(H,23,25). The lowest BCUT2D eigenvalue weighted by atomic mass is 9.98. The third kappa shape index (κ3) is 4.94. The molecule has 1 aliphatic heterocycles. The second-order valence-electron chi connectivity index (χ2n) is 6.65. The molecule has 1 aromatic heterocycles. The molecule has 0 bridgehead atoms. The molecule has 6 heteroatoms. The molecule has 0 aliphatic carbocycles. The number of carbonyl (C=O) groups is 1. The zero-order chi connectivity index (χ0) is 18.4. The summed E-state index contributed by atoms with van der Waals surface area (Å²) in [6, 6.07) is 9.96. The predicted octanol–water partition coefficient (Wildman–Crippen LogP) is 3.53. The van der Waals surface area contributed by atoms with Crippen molar-refractivity contribution in [2.24, 2.45) is 5.92 Å². The summed E-state index contributed by atoms with van der Waals surface area (Å²) in [5, 5.41) is 2.89. The fourth-order valence-corrected chi connectivity index (χ4v) is 3.01. The minimum absolute atomic E-state index is 0.0748. The van der Waals surface area contributed by atoms with Gasteiger partial charge in [-0.25, -0.2) is 14.2 Å². The summed E-state index contributed by atoms with van der Waals surface area (Å²) in [5.74, 6) is 0.842. The number of rotatable bonds is 5. The number of aromatic nitrogens is 1. The predicted molar refractivity (Wildman–Crippen MR) is 97.4 cm³/mol. The van der Waals surface area contributed by atoms with E-state index in [2.05, 4.69) is 10.3 Å². The number of hydrogen-bond acceptors (Lipinski definition) is 3. The van der Waals surface area contributed by atoms with Crippen molar-refractivity contribution in [2.75, 3.05) is 19.7 Å². The van der Waals surface area contributed by atoms with Gasteiger partial charge in [0, 0.05) is 31.4 Å². The van der Waals surface area contributed by atoms with Crippen molar-refractivity contribution in [3.05, 3.63) is 59.5 Å². The number of hydrogen-bond donors (Lipinski definition) is 1. The van der Waals surface area contributed by atoms with Gasteiger partial charge >= 0.3 is 6.03 Å². The van der Waals surface area contributed by atoms with Gasteiger partial charge in [0.25, 0.3) is 0 Å². The van der Waals surface area contributed by atoms with Crippen LogP contribution in [-0.2, 0) is 6.54 Å². The highest BCUT2D eigenvalue weighted by Gasteiger charge is 2.23. The molecule has 1 fully saturated rings. The first kappa shape index (κ1) is 18.2. The van der Waals surface area contributed by atoms with Crippen molar-refractivity contribution in [1.82, 2.24) is 15.2 Å². The Morgan fingerprint density at radius 3 is 2.69 bits per heavy atom. The summed E-state index contributed by atoms with van der Waals surface area (Å²) in [5.41, 5.74) is 1.92. The average Bonchev–Trinajstić information content (AvgIpc) is 2.67. The summed E-state index contributed by atoms with van der Waals surface area (Å²) >= 11 is 0. The van der Waals surface area contributed by atoms with Crippen LogP contribution < -0.4 is 10.1 Å². The van der Waals surface area contributed by atoms with Gasteiger partial charge in [-0.3, -0.25) is 0 Å². The van der Waals surface area contributed by atoms with Crippen LogP contribution >= 0.6 is 0 Å². The number of pyridine rings is 1. The van der Waals surface area contributed by atoms with E-state index in [1.54, 1.807) is 18.3 Å². The number of nitrogens with zero attached hydrogens (tertiary/aromatic N) is 2. The summed E-state index contributed by atoms with van der Waals surface area (Å²) in [6.07, 6.45) is 3.56. The summed E-state index contributed by atoms with van der Waals surface area (Å²) in [4.78, 5) is 18.3. The van der Waals surface area contributed by atoms with E-state index in [1.807, 2.05) is 24.0 Å². The van der Waals surface area contributed by atoms with E-state index in [1.165, 1.54) is 12.1 Å². The van der Waals surface area contributed by atoms with Crippen LogP contribution in [0.15, 0.2) is 42.6 Å². The van der Waals surface area contributed by atoms with E-state index in [-0.39, 0.29) is 11.8 Å². The Bertz CT molecular complexity index is 728. The monoisotopic (exact) mass is 357 g/mol. The van der Waals surface area contributed by atoms with Crippen molar-refractivity contribution in [3.63, 3.8) is 0 Å². The highest BCUT2D eigenvalue weighted by Crippen LogP contribution is 2.20. The van der Waals surface area contributed by atoms with E-state index < -0.39 is 0 Å². The maximum absolute atomic E-state index is 12.9. The first-order valence-corrected chi connectivity index (χ1v) is 8.93. The van der Waals surface area contributed by atoms with Gasteiger partial charge in [0.1, 0.15) is 5.82 Å². The van der Waals surface area contributed by atoms with Crippen molar-refractivity contribution < 1.29 is 13.9 Å². The molecule has 0 radical (unpaired) electrons. The van der Waals surface area contributed by atoms with E-state index >= 15 is 0 Å². The second kappa shape index (κ2) is 8.65. The van der Waals surface area contributed by atoms with Crippen LogP contribution in [-0.4, -0.2) is 35.6 Å². The Balaban J connectivity index is 1.39. The number of likely N-dealkylation sites (tertiary alicyclic amines) is 1. The first-order valence-electron chi connectivity index (χ1n) is 8.93. The van der Waals surface area contributed by atoms with Gasteiger partial charge < -0.3 is 15.0 Å². The molecular weight excluding hydrogens is 333 g/mol. The number of amides is 2. The molecule has 1 aliphatic rings. The van der Waals surface area contributed by atoms with E-state index in [0.29, 0.717) is 38.0 Å². The molecule has 1 N–H and O–H groups in total. The fourth-order valence-electron chi connectivity index (χ4n) is 3.01. The number of ether oxygens (including phenoxy) is 1. The number of benzene rings is 1. The Labute approximate surface area is 153 Å². The number of carbonyl (C=O) groups excluding carboxylic acids is 1. The molecule has 1 saturated heterocycles. The first-order chi connectivity index (χ1) is 12.6. The van der Waals surface area contributed by atoms with Crippen LogP contribution in [0.2, 0.25) is 0 Å². The van der Waals surface area contributed by atoms with Gasteiger partial charge in [0.05, 0.1) is 6.61 Å². The molecule has 2 heterocycles. The quantitative estimate of drug-likeness (QED) is 0.891. The third-order valence-corrected chi connectivity index (χ3v) is 4.68. The zero-order valence-electron chi connectivity index (χ0n) is 15.0. The fraction of sp³-hybridized carbons (Fsp3) is 0.400. The Kier molecular flexibility index (Phi) is 6.04. The van der Waals surface area contributed by atoms with Gasteiger partial charge in [0.2, 0.25) is 5.88 Å². The van der Waals surface area contributed by atoms with Crippen LogP contribution in [0.4, 0.5) is 9.18 Å². The molecule has 0 spiro atoms. The lowest BCUT2D eigenvalue weighted by molar-refractivity contribution is 0.143. The van der Waals surface area contributed by atoms with Crippen molar-refractivity contribution in [3.8, 4) is 5.88 Å². The molecule has 26 heavy (non-hydrogen) atoms. The molecule has 2 amide bonds. The lowest BCUT2D eigenvalue weighted by Crippen LogP contribution is -2.44. The topological polar surface area (TPSA) is 54.5 Å². The van der Waals surface area contributed by atoms with E-state index in [4.69, 9.17) is 4.74 Å². The molecular formula is C20H24FN3O2. The molecule has 2 aromatic rings. The SMILES string of the molecule is Cc1cccnc1OCC1CCN(C(=O)NCc2ccc(F)cc2)CC1. The third-order valence-electron chi connectivity index (χ3n) is 4.68. The van der Waals surface area contributed by atoms with Crippen LogP contribution in [0.3, 0.4) is 0 Å². The minimum atomic E-state index is -0.273. The average molecular weight is 357 g/mol. The summed E-state index contributed by atoms with van der Waals surface area (Å²) in [7, 11) is 0. The highest BCUT2D eigenvalue weighted by atomic mass is 19.1. The maximum Gasteiger partial charge on any atom is 0.317 e. The van der Waals surface area contributed by atoms with E-state index in [0.717, 1.165) is 24.0 Å². The Hall–Kier alpha value is -2.63. The maximum atomic E-state index is 12.9. The molecule has 3 rings (SSSR count). The van der Waals surface area contributed by atoms with Crippen molar-refractivity contribution in [2.45, 2.75) is 26.3 Å². The van der Waals surface area contributed by atoms with Gasteiger partial charge in [-0.1, -0.05) is 18.2 Å². The summed E-state index contributed by atoms with van der Waals surface area (Å²) < 4.78 is 18.7. The van der Waals surface area contributed by atoms with Gasteiger partial charge in [0.15, 0.2) is 0 Å². The van der Waals surface area contributed by atoms with Crippen LogP contribution in [0.1, 0.15) is 24.0 Å². The van der Waals surface area contributed by atoms with Crippen LogP contribution in [0, 0.1) is 18.7 Å². The number of urea groups is 1. The number of halogens is 1. The largest absolute Gasteiger partial charge is 0.477 e. The van der Waals surface area contributed by atoms with E-state index in [9.17, 15) is 9.18 Å². The normalized spacial score (nSPS) is 14.9. The van der Waals surface area contributed by atoms with Crippen molar-refractivity contribution in [1.29, 1.82) is 0 Å². The van der Waals surface area contributed by atoms with Gasteiger partial charge in [-0.15, -0.1) is 0 Å². The second-order valence-corrected chi connectivity index (χ2v) is 6.65. The lowest BCUT2D eigenvalue weighted by Gasteiger charge is -2.31. The Morgan fingerprint density at radius 1 is 1.27 bits per heavy atom. The smallest absolute Gasteiger partial charge is 0.317 e.